The van der Waals surface area contributed by atoms with Crippen molar-refractivity contribution >= 4 is 29.2 Å². The molecule has 2 N–H and O–H groups in total. The van der Waals surface area contributed by atoms with E-state index in [1.165, 1.54) is 6.07 Å². The molecule has 0 unspecified atom stereocenters. The maximum Gasteiger partial charge on any atom is 0.338 e. The van der Waals surface area contributed by atoms with Crippen LogP contribution in [-0.4, -0.2) is 17.0 Å². The summed E-state index contributed by atoms with van der Waals surface area (Å²) in [6, 6.07) is 8.11. The third-order valence-corrected chi connectivity index (χ3v) is 3.30. The lowest BCUT2D eigenvalue weighted by molar-refractivity contribution is 0.0691. The van der Waals surface area contributed by atoms with Crippen LogP contribution in [-0.2, 0) is 0 Å². The maximum atomic E-state index is 13.3. The summed E-state index contributed by atoms with van der Waals surface area (Å²) in [6.07, 6.45) is 0. The molecule has 0 saturated heterocycles. The Balaban J connectivity index is 2.25. The van der Waals surface area contributed by atoms with Gasteiger partial charge in [0.2, 0.25) is 0 Å². The van der Waals surface area contributed by atoms with E-state index in [1.807, 2.05) is 0 Å². The first-order valence-electron chi connectivity index (χ1n) is 5.99. The predicted molar refractivity (Wildman–Crippen MR) is 77.5 cm³/mol. The number of carboxylic acid groups (broad SMARTS) is 1. The fourth-order valence-electron chi connectivity index (χ4n) is 1.76. The van der Waals surface area contributed by atoms with Gasteiger partial charge in [0.25, 0.3) is 5.91 Å². The molecule has 0 aliphatic rings. The highest BCUT2D eigenvalue weighted by molar-refractivity contribution is 6.31. The second kappa shape index (κ2) is 5.93. The van der Waals surface area contributed by atoms with Gasteiger partial charge in [0, 0.05) is 16.3 Å². The van der Waals surface area contributed by atoms with Crippen LogP contribution in [0.5, 0.6) is 0 Å². The summed E-state index contributed by atoms with van der Waals surface area (Å²) in [4.78, 5) is 22.9. The zero-order chi connectivity index (χ0) is 15.6. The van der Waals surface area contributed by atoms with E-state index in [0.29, 0.717) is 10.6 Å². The van der Waals surface area contributed by atoms with Crippen LogP contribution in [0.2, 0.25) is 5.02 Å². The van der Waals surface area contributed by atoms with Gasteiger partial charge in [-0.25, -0.2) is 9.18 Å². The lowest BCUT2D eigenvalue weighted by Gasteiger charge is -2.08. The molecular formula is C15H11ClFNO3. The Morgan fingerprint density at radius 1 is 1.19 bits per heavy atom. The Hall–Kier alpha value is -2.40. The van der Waals surface area contributed by atoms with E-state index in [0.717, 1.165) is 17.7 Å². The number of nitrogens with one attached hydrogen (secondary N) is 1. The first-order valence-corrected chi connectivity index (χ1v) is 6.36. The number of carboxylic acids is 1. The number of benzene rings is 2. The van der Waals surface area contributed by atoms with Crippen LogP contribution in [0.3, 0.4) is 0 Å². The number of halogens is 2. The normalized spacial score (nSPS) is 10.2. The van der Waals surface area contributed by atoms with Crippen LogP contribution in [0.4, 0.5) is 10.1 Å². The number of aromatic carboxylic acids is 1. The number of carbonyl (C=O) groups excluding carboxylic acids is 1. The van der Waals surface area contributed by atoms with Gasteiger partial charge in [0.1, 0.15) is 5.82 Å². The first kappa shape index (κ1) is 15.0. The zero-order valence-electron chi connectivity index (χ0n) is 11.0. The Bertz CT molecular complexity index is 731. The van der Waals surface area contributed by atoms with Gasteiger partial charge in [-0.3, -0.25) is 4.79 Å². The molecule has 0 heterocycles. The number of hydrogen-bond donors (Lipinski definition) is 2. The standard InChI is InChI=1S/C15H11ClFNO3/c1-8-6-9(2-4-12(8)16)14(19)18-10-3-5-13(17)11(7-10)15(20)21/h2-7H,1H3,(H,18,19)(H,20,21). The quantitative estimate of drug-likeness (QED) is 0.907. The second-order valence-corrected chi connectivity index (χ2v) is 4.83. The van der Waals surface area contributed by atoms with Crippen LogP contribution in [0.1, 0.15) is 26.3 Å². The average molecular weight is 308 g/mol. The third kappa shape index (κ3) is 3.38. The van der Waals surface area contributed by atoms with Crippen molar-refractivity contribution in [1.29, 1.82) is 0 Å². The highest BCUT2D eigenvalue weighted by Gasteiger charge is 2.13. The van der Waals surface area contributed by atoms with Crippen molar-refractivity contribution in [3.63, 3.8) is 0 Å². The van der Waals surface area contributed by atoms with Crippen molar-refractivity contribution < 1.29 is 19.1 Å². The molecule has 21 heavy (non-hydrogen) atoms. The summed E-state index contributed by atoms with van der Waals surface area (Å²) in [5.74, 6) is -2.69. The molecule has 108 valence electrons. The molecule has 0 atom stereocenters. The maximum absolute atomic E-state index is 13.3. The van der Waals surface area contributed by atoms with E-state index in [-0.39, 0.29) is 5.69 Å². The number of rotatable bonds is 3. The fraction of sp³-hybridized carbons (Fsp3) is 0.0667. The molecule has 6 heteroatoms. The minimum absolute atomic E-state index is 0.200. The molecule has 2 aromatic rings. The fourth-order valence-corrected chi connectivity index (χ4v) is 1.87. The molecule has 0 fully saturated rings. The molecule has 4 nitrogen and oxygen atoms in total. The van der Waals surface area contributed by atoms with Crippen molar-refractivity contribution in [1.82, 2.24) is 0 Å². The number of amides is 1. The highest BCUT2D eigenvalue weighted by atomic mass is 35.5. The molecule has 2 aromatic carbocycles. The summed E-state index contributed by atoms with van der Waals surface area (Å²) >= 11 is 5.88. The molecule has 0 spiro atoms. The Morgan fingerprint density at radius 2 is 1.90 bits per heavy atom. The number of carbonyl (C=O) groups is 2. The average Bonchev–Trinajstić information content (AvgIpc) is 2.43. The van der Waals surface area contributed by atoms with Crippen LogP contribution in [0.15, 0.2) is 36.4 Å². The van der Waals surface area contributed by atoms with Gasteiger partial charge in [-0.15, -0.1) is 0 Å². The molecule has 0 aromatic heterocycles. The first-order chi connectivity index (χ1) is 9.88. The van der Waals surface area contributed by atoms with Gasteiger partial charge in [-0.1, -0.05) is 11.6 Å². The molecule has 0 bridgehead atoms. The lowest BCUT2D eigenvalue weighted by atomic mass is 10.1. The van der Waals surface area contributed by atoms with Gasteiger partial charge in [0.15, 0.2) is 0 Å². The van der Waals surface area contributed by atoms with E-state index >= 15 is 0 Å². The van der Waals surface area contributed by atoms with Gasteiger partial charge >= 0.3 is 5.97 Å². The van der Waals surface area contributed by atoms with Crippen LogP contribution < -0.4 is 5.32 Å². The topological polar surface area (TPSA) is 66.4 Å². The molecule has 1 amide bonds. The minimum Gasteiger partial charge on any atom is -0.478 e. The molecular weight excluding hydrogens is 297 g/mol. The summed E-state index contributed by atoms with van der Waals surface area (Å²) in [5.41, 5.74) is 0.819. The Morgan fingerprint density at radius 3 is 2.52 bits per heavy atom. The number of anilines is 1. The predicted octanol–water partition coefficient (Wildman–Crippen LogP) is 3.74. The van der Waals surface area contributed by atoms with Crippen molar-refractivity contribution in [2.75, 3.05) is 5.32 Å². The SMILES string of the molecule is Cc1cc(C(=O)Nc2ccc(F)c(C(=O)O)c2)ccc1Cl. The van der Waals surface area contributed by atoms with E-state index in [2.05, 4.69) is 5.32 Å². The van der Waals surface area contributed by atoms with Crippen LogP contribution >= 0.6 is 11.6 Å². The minimum atomic E-state index is -1.40. The van der Waals surface area contributed by atoms with E-state index in [9.17, 15) is 14.0 Å². The molecule has 0 aliphatic carbocycles. The van der Waals surface area contributed by atoms with Gasteiger partial charge < -0.3 is 10.4 Å². The Labute approximate surface area is 125 Å². The second-order valence-electron chi connectivity index (χ2n) is 4.42. The van der Waals surface area contributed by atoms with Crippen LogP contribution in [0, 0.1) is 12.7 Å². The number of aryl methyl sites for hydroxylation is 1. The highest BCUT2D eigenvalue weighted by Crippen LogP contribution is 2.19. The van der Waals surface area contributed by atoms with Crippen molar-refractivity contribution in [3.05, 3.63) is 63.9 Å². The van der Waals surface area contributed by atoms with Gasteiger partial charge in [-0.2, -0.15) is 0 Å². The van der Waals surface area contributed by atoms with Crippen molar-refractivity contribution in [2.45, 2.75) is 6.92 Å². The lowest BCUT2D eigenvalue weighted by Crippen LogP contribution is -2.13. The largest absolute Gasteiger partial charge is 0.478 e. The Kier molecular flexibility index (Phi) is 4.23. The zero-order valence-corrected chi connectivity index (χ0v) is 11.7. The summed E-state index contributed by atoms with van der Waals surface area (Å²) in [5, 5.41) is 11.9. The van der Waals surface area contributed by atoms with E-state index in [1.54, 1.807) is 25.1 Å². The number of hydrogen-bond acceptors (Lipinski definition) is 2. The summed E-state index contributed by atoms with van der Waals surface area (Å²) in [6.45, 7) is 1.76. The molecule has 0 saturated carbocycles. The molecule has 0 radical (unpaired) electrons. The van der Waals surface area contributed by atoms with Gasteiger partial charge in [-0.05, 0) is 48.9 Å². The van der Waals surface area contributed by atoms with Crippen molar-refractivity contribution in [2.24, 2.45) is 0 Å². The molecule has 2 rings (SSSR count). The van der Waals surface area contributed by atoms with E-state index in [4.69, 9.17) is 16.7 Å². The third-order valence-electron chi connectivity index (χ3n) is 2.87. The van der Waals surface area contributed by atoms with Crippen molar-refractivity contribution in [3.8, 4) is 0 Å². The molecule has 0 aliphatic heterocycles. The smallest absolute Gasteiger partial charge is 0.338 e. The monoisotopic (exact) mass is 307 g/mol. The van der Waals surface area contributed by atoms with E-state index < -0.39 is 23.3 Å². The summed E-state index contributed by atoms with van der Waals surface area (Å²) < 4.78 is 13.3. The van der Waals surface area contributed by atoms with Gasteiger partial charge in [0.05, 0.1) is 5.56 Å². The van der Waals surface area contributed by atoms with Crippen LogP contribution in [0.25, 0.3) is 0 Å². The summed E-state index contributed by atoms with van der Waals surface area (Å²) in [7, 11) is 0.